The molecule has 1 heterocycles. The number of carbonyl (C=O) groups excluding carboxylic acids is 1. The van der Waals surface area contributed by atoms with Gasteiger partial charge in [-0.05, 0) is 18.8 Å². The fourth-order valence-corrected chi connectivity index (χ4v) is 1.41. The summed E-state index contributed by atoms with van der Waals surface area (Å²) < 4.78 is 9.99. The average molecular weight is 187 g/mol. The second-order valence-corrected chi connectivity index (χ2v) is 3.32. The predicted octanol–water partition coefficient (Wildman–Crippen LogP) is 0.176. The molecule has 1 aliphatic heterocycles. The number of methoxy groups -OCH3 is 1. The Morgan fingerprint density at radius 3 is 3.15 bits per heavy atom. The minimum atomic E-state index is -0.0481. The van der Waals surface area contributed by atoms with E-state index in [0.29, 0.717) is 12.5 Å². The minimum absolute atomic E-state index is 0.0481. The lowest BCUT2D eigenvalue weighted by molar-refractivity contribution is -0.125. The molecule has 0 saturated carbocycles. The van der Waals surface area contributed by atoms with E-state index in [1.165, 1.54) is 7.11 Å². The van der Waals surface area contributed by atoms with Gasteiger partial charge < -0.3 is 14.8 Å². The Hall–Kier alpha value is -0.610. The SMILES string of the molecule is COCC(=O)NCC1CCCOC1. The van der Waals surface area contributed by atoms with Crippen molar-refractivity contribution >= 4 is 5.91 Å². The van der Waals surface area contributed by atoms with Gasteiger partial charge in [0.1, 0.15) is 6.61 Å². The summed E-state index contributed by atoms with van der Waals surface area (Å²) in [4.78, 5) is 11.0. The third kappa shape index (κ3) is 4.24. The first-order valence-electron chi connectivity index (χ1n) is 4.66. The zero-order valence-electron chi connectivity index (χ0n) is 8.04. The van der Waals surface area contributed by atoms with E-state index in [9.17, 15) is 4.79 Å². The van der Waals surface area contributed by atoms with Crippen molar-refractivity contribution in [2.24, 2.45) is 5.92 Å². The molecular formula is C9H17NO3. The van der Waals surface area contributed by atoms with E-state index in [1.54, 1.807) is 0 Å². The van der Waals surface area contributed by atoms with Crippen molar-refractivity contribution in [3.05, 3.63) is 0 Å². The smallest absolute Gasteiger partial charge is 0.245 e. The molecule has 76 valence electrons. The van der Waals surface area contributed by atoms with Crippen molar-refractivity contribution in [1.29, 1.82) is 0 Å². The first kappa shape index (κ1) is 10.5. The Morgan fingerprint density at radius 2 is 2.54 bits per heavy atom. The van der Waals surface area contributed by atoms with Crippen molar-refractivity contribution in [3.8, 4) is 0 Å². The lowest BCUT2D eigenvalue weighted by Gasteiger charge is -2.22. The first-order chi connectivity index (χ1) is 6.33. The Labute approximate surface area is 78.6 Å². The third-order valence-corrected chi connectivity index (χ3v) is 2.12. The van der Waals surface area contributed by atoms with Gasteiger partial charge in [0.15, 0.2) is 0 Å². The summed E-state index contributed by atoms with van der Waals surface area (Å²) in [5.41, 5.74) is 0. The van der Waals surface area contributed by atoms with Gasteiger partial charge in [0.05, 0.1) is 6.61 Å². The van der Waals surface area contributed by atoms with Crippen LogP contribution in [0.25, 0.3) is 0 Å². The van der Waals surface area contributed by atoms with Crippen LogP contribution in [0.15, 0.2) is 0 Å². The van der Waals surface area contributed by atoms with Gasteiger partial charge in [0, 0.05) is 20.3 Å². The van der Waals surface area contributed by atoms with Gasteiger partial charge >= 0.3 is 0 Å². The second-order valence-electron chi connectivity index (χ2n) is 3.32. The molecule has 13 heavy (non-hydrogen) atoms. The molecule has 1 atom stereocenters. The maximum atomic E-state index is 11.0. The van der Waals surface area contributed by atoms with Crippen LogP contribution in [0.4, 0.5) is 0 Å². The highest BCUT2D eigenvalue weighted by Gasteiger charge is 2.14. The Balaban J connectivity index is 2.06. The number of nitrogens with one attached hydrogen (secondary N) is 1. The van der Waals surface area contributed by atoms with Crippen molar-refractivity contribution in [2.45, 2.75) is 12.8 Å². The molecule has 1 aliphatic rings. The quantitative estimate of drug-likeness (QED) is 0.682. The largest absolute Gasteiger partial charge is 0.381 e. The van der Waals surface area contributed by atoms with Gasteiger partial charge in [-0.2, -0.15) is 0 Å². The monoisotopic (exact) mass is 187 g/mol. The molecule has 4 nitrogen and oxygen atoms in total. The van der Waals surface area contributed by atoms with E-state index in [-0.39, 0.29) is 12.5 Å². The van der Waals surface area contributed by atoms with Crippen LogP contribution in [-0.2, 0) is 14.3 Å². The number of ether oxygens (including phenoxy) is 2. The van der Waals surface area contributed by atoms with Gasteiger partial charge in [-0.15, -0.1) is 0 Å². The summed E-state index contributed by atoms with van der Waals surface area (Å²) in [6.45, 7) is 2.49. The van der Waals surface area contributed by atoms with E-state index in [4.69, 9.17) is 9.47 Å². The molecule has 4 heteroatoms. The summed E-state index contributed by atoms with van der Waals surface area (Å²) in [6, 6.07) is 0. The molecule has 1 fully saturated rings. The van der Waals surface area contributed by atoms with Gasteiger partial charge in [-0.25, -0.2) is 0 Å². The van der Waals surface area contributed by atoms with E-state index in [1.807, 2.05) is 0 Å². The number of hydrogen-bond donors (Lipinski definition) is 1. The summed E-state index contributed by atoms with van der Waals surface area (Å²) in [5, 5.41) is 2.81. The van der Waals surface area contributed by atoms with E-state index >= 15 is 0 Å². The Bertz CT molecular complexity index is 155. The molecule has 0 aromatic rings. The van der Waals surface area contributed by atoms with Gasteiger partial charge in [0.25, 0.3) is 0 Å². The zero-order chi connectivity index (χ0) is 9.52. The minimum Gasteiger partial charge on any atom is -0.381 e. The molecule has 0 aromatic carbocycles. The molecule has 0 bridgehead atoms. The third-order valence-electron chi connectivity index (χ3n) is 2.12. The highest BCUT2D eigenvalue weighted by molar-refractivity contribution is 5.77. The summed E-state index contributed by atoms with van der Waals surface area (Å²) in [6.07, 6.45) is 2.25. The second kappa shape index (κ2) is 5.94. The number of rotatable bonds is 4. The average Bonchev–Trinajstić information content (AvgIpc) is 2.17. The van der Waals surface area contributed by atoms with Crippen LogP contribution in [0.5, 0.6) is 0 Å². The molecule has 0 aromatic heterocycles. The van der Waals surface area contributed by atoms with Crippen LogP contribution in [-0.4, -0.2) is 39.4 Å². The van der Waals surface area contributed by atoms with Crippen LogP contribution < -0.4 is 5.32 Å². The normalized spacial score (nSPS) is 22.7. The molecular weight excluding hydrogens is 170 g/mol. The predicted molar refractivity (Wildman–Crippen MR) is 48.4 cm³/mol. The van der Waals surface area contributed by atoms with Crippen molar-refractivity contribution in [3.63, 3.8) is 0 Å². The van der Waals surface area contributed by atoms with Gasteiger partial charge in [-0.3, -0.25) is 4.79 Å². The first-order valence-corrected chi connectivity index (χ1v) is 4.66. The molecule has 1 N–H and O–H groups in total. The number of hydrogen-bond acceptors (Lipinski definition) is 3. The molecule has 1 amide bonds. The van der Waals surface area contributed by atoms with Crippen LogP contribution in [0, 0.1) is 5.92 Å². The topological polar surface area (TPSA) is 47.6 Å². The number of amides is 1. The Morgan fingerprint density at radius 1 is 1.69 bits per heavy atom. The van der Waals surface area contributed by atoms with Crippen molar-refractivity contribution in [1.82, 2.24) is 5.32 Å². The lowest BCUT2D eigenvalue weighted by atomic mass is 10.0. The van der Waals surface area contributed by atoms with Crippen LogP contribution in [0.3, 0.4) is 0 Å². The van der Waals surface area contributed by atoms with E-state index in [2.05, 4.69) is 5.32 Å². The maximum absolute atomic E-state index is 11.0. The van der Waals surface area contributed by atoms with Crippen LogP contribution in [0.1, 0.15) is 12.8 Å². The highest BCUT2D eigenvalue weighted by atomic mass is 16.5. The lowest BCUT2D eigenvalue weighted by Crippen LogP contribution is -2.35. The highest BCUT2D eigenvalue weighted by Crippen LogP contribution is 2.11. The van der Waals surface area contributed by atoms with Crippen molar-refractivity contribution < 1.29 is 14.3 Å². The fourth-order valence-electron chi connectivity index (χ4n) is 1.41. The fraction of sp³-hybridized carbons (Fsp3) is 0.889. The van der Waals surface area contributed by atoms with Gasteiger partial charge in [0.2, 0.25) is 5.91 Å². The molecule has 0 spiro atoms. The van der Waals surface area contributed by atoms with E-state index in [0.717, 1.165) is 26.1 Å². The van der Waals surface area contributed by atoms with Crippen molar-refractivity contribution in [2.75, 3.05) is 33.5 Å². The van der Waals surface area contributed by atoms with E-state index < -0.39 is 0 Å². The molecule has 1 saturated heterocycles. The zero-order valence-corrected chi connectivity index (χ0v) is 8.04. The molecule has 0 radical (unpaired) electrons. The molecule has 1 rings (SSSR count). The Kier molecular flexibility index (Phi) is 4.78. The molecule has 1 unspecified atom stereocenters. The molecule has 0 aliphatic carbocycles. The van der Waals surface area contributed by atoms with Crippen LogP contribution >= 0.6 is 0 Å². The summed E-state index contributed by atoms with van der Waals surface area (Å²) >= 11 is 0. The van der Waals surface area contributed by atoms with Crippen LogP contribution in [0.2, 0.25) is 0 Å². The summed E-state index contributed by atoms with van der Waals surface area (Å²) in [5.74, 6) is 0.433. The maximum Gasteiger partial charge on any atom is 0.245 e. The number of carbonyl (C=O) groups is 1. The van der Waals surface area contributed by atoms with Gasteiger partial charge in [-0.1, -0.05) is 0 Å². The standard InChI is InChI=1S/C9H17NO3/c1-12-7-9(11)10-5-8-3-2-4-13-6-8/h8H,2-7H2,1H3,(H,10,11). The summed E-state index contributed by atoms with van der Waals surface area (Å²) in [7, 11) is 1.52.